The number of imidazole rings is 1. The van der Waals surface area contributed by atoms with E-state index in [-0.39, 0.29) is 17.3 Å². The molecule has 3 rings (SSSR count). The molecule has 0 atom stereocenters. The molecule has 2 aliphatic heterocycles. The highest BCUT2D eigenvalue weighted by atomic mass is 16.7. The molecule has 1 aromatic rings. The van der Waals surface area contributed by atoms with Crippen molar-refractivity contribution in [2.45, 2.75) is 84.0 Å². The van der Waals surface area contributed by atoms with Crippen molar-refractivity contribution in [2.24, 2.45) is 0 Å². The first-order valence-corrected chi connectivity index (χ1v) is 9.76. The van der Waals surface area contributed by atoms with E-state index >= 15 is 0 Å². The van der Waals surface area contributed by atoms with Gasteiger partial charge in [0.15, 0.2) is 0 Å². The molecule has 0 aromatic carbocycles. The number of ether oxygens (including phenoxy) is 1. The van der Waals surface area contributed by atoms with Crippen molar-refractivity contribution in [3.8, 4) is 0 Å². The van der Waals surface area contributed by atoms with Crippen LogP contribution in [0.1, 0.15) is 73.1 Å². The van der Waals surface area contributed by atoms with Crippen molar-refractivity contribution in [1.82, 2.24) is 14.9 Å². The van der Waals surface area contributed by atoms with E-state index in [9.17, 15) is 4.79 Å². The fourth-order valence-electron chi connectivity index (χ4n) is 3.31. The second kappa shape index (κ2) is 6.81. The number of aromatic nitrogens is 2. The van der Waals surface area contributed by atoms with E-state index in [4.69, 9.17) is 14.0 Å². The Kier molecular flexibility index (Phi) is 5.10. The van der Waals surface area contributed by atoms with Gasteiger partial charge in [-0.05, 0) is 61.3 Å². The molecule has 0 unspecified atom stereocenters. The van der Waals surface area contributed by atoms with Crippen molar-refractivity contribution in [3.63, 3.8) is 0 Å². The summed E-state index contributed by atoms with van der Waals surface area (Å²) in [5.74, 6) is 1.23. The summed E-state index contributed by atoms with van der Waals surface area (Å²) in [5, 5.41) is 0. The summed E-state index contributed by atoms with van der Waals surface area (Å²) < 4.78 is 17.6. The second-order valence-corrected chi connectivity index (χ2v) is 9.55. The number of aromatic amines is 1. The van der Waals surface area contributed by atoms with Crippen LogP contribution in [0.25, 0.3) is 0 Å². The summed E-state index contributed by atoms with van der Waals surface area (Å²) in [5.41, 5.74) is -0.367. The van der Waals surface area contributed by atoms with E-state index in [2.05, 4.69) is 9.97 Å². The van der Waals surface area contributed by atoms with Crippen LogP contribution in [0.5, 0.6) is 0 Å². The van der Waals surface area contributed by atoms with E-state index in [1.54, 1.807) is 11.1 Å². The van der Waals surface area contributed by atoms with Crippen molar-refractivity contribution < 1.29 is 18.8 Å². The summed E-state index contributed by atoms with van der Waals surface area (Å²) in [4.78, 5) is 21.9. The van der Waals surface area contributed by atoms with Gasteiger partial charge in [0.25, 0.3) is 0 Å². The van der Waals surface area contributed by atoms with Crippen LogP contribution >= 0.6 is 0 Å². The van der Waals surface area contributed by atoms with Crippen LogP contribution in [0.2, 0.25) is 0 Å². The van der Waals surface area contributed by atoms with E-state index < -0.39 is 12.7 Å². The molecule has 2 aliphatic rings. The molecule has 0 bridgehead atoms. The van der Waals surface area contributed by atoms with Crippen molar-refractivity contribution in [2.75, 3.05) is 13.1 Å². The maximum atomic E-state index is 12.2. The maximum absolute atomic E-state index is 12.2. The van der Waals surface area contributed by atoms with Crippen LogP contribution in [0.15, 0.2) is 6.20 Å². The third-order valence-corrected chi connectivity index (χ3v) is 5.66. The SMILES string of the molecule is CC(C)(C)OC(=O)N1CCC(c2ncc(B3OC(C)(C)C(C)(C)O3)[nH]2)CC1. The Morgan fingerprint density at radius 2 is 1.78 bits per heavy atom. The lowest BCUT2D eigenvalue weighted by molar-refractivity contribution is 0.00578. The lowest BCUT2D eigenvalue weighted by atomic mass is 9.85. The molecule has 1 N–H and O–H groups in total. The first kappa shape index (κ1) is 20.2. The van der Waals surface area contributed by atoms with Crippen molar-refractivity contribution in [3.05, 3.63) is 12.0 Å². The summed E-state index contributed by atoms with van der Waals surface area (Å²) in [6.07, 6.45) is 3.28. The zero-order valence-corrected chi connectivity index (χ0v) is 17.6. The minimum atomic E-state index is -0.466. The van der Waals surface area contributed by atoms with Crippen LogP contribution in [-0.2, 0) is 14.0 Å². The van der Waals surface area contributed by atoms with E-state index in [0.717, 1.165) is 24.3 Å². The summed E-state index contributed by atoms with van der Waals surface area (Å²) in [7, 11) is -0.432. The Morgan fingerprint density at radius 3 is 2.30 bits per heavy atom. The number of piperidine rings is 1. The standard InChI is InChI=1S/C19H32BN3O4/c1-17(2,3)25-16(24)23-10-8-13(9-11-23)15-21-12-14(22-15)20-26-18(4,5)19(6,7)27-20/h12-13H,8-11H2,1-7H3,(H,21,22). The molecule has 0 spiro atoms. The number of hydrogen-bond donors (Lipinski definition) is 1. The van der Waals surface area contributed by atoms with Gasteiger partial charge in [-0.15, -0.1) is 0 Å². The lowest BCUT2D eigenvalue weighted by Crippen LogP contribution is -2.41. The molecule has 1 amide bonds. The Labute approximate surface area is 162 Å². The van der Waals surface area contributed by atoms with E-state index in [1.807, 2.05) is 48.5 Å². The molecule has 2 fully saturated rings. The first-order valence-electron chi connectivity index (χ1n) is 9.76. The number of amides is 1. The van der Waals surface area contributed by atoms with Gasteiger partial charge in [0.2, 0.25) is 0 Å². The number of hydrogen-bond acceptors (Lipinski definition) is 5. The quantitative estimate of drug-likeness (QED) is 0.802. The number of H-pyrrole nitrogens is 1. The highest BCUT2D eigenvalue weighted by molar-refractivity contribution is 6.61. The highest BCUT2D eigenvalue weighted by Crippen LogP contribution is 2.36. The molecule has 0 saturated carbocycles. The van der Waals surface area contributed by atoms with Gasteiger partial charge in [-0.1, -0.05) is 0 Å². The molecule has 1 aromatic heterocycles. The minimum absolute atomic E-state index is 0.238. The molecular formula is C19H32BN3O4. The number of likely N-dealkylation sites (tertiary alicyclic amines) is 1. The van der Waals surface area contributed by atoms with Gasteiger partial charge in [0.1, 0.15) is 11.4 Å². The molecule has 7 nitrogen and oxygen atoms in total. The molecule has 150 valence electrons. The largest absolute Gasteiger partial charge is 0.513 e. The Bertz CT molecular complexity index is 671. The number of nitrogens with one attached hydrogen (secondary N) is 1. The highest BCUT2D eigenvalue weighted by Gasteiger charge is 2.52. The van der Waals surface area contributed by atoms with Gasteiger partial charge < -0.3 is 23.9 Å². The maximum Gasteiger partial charge on any atom is 0.513 e. The van der Waals surface area contributed by atoms with Gasteiger partial charge in [-0.3, -0.25) is 0 Å². The van der Waals surface area contributed by atoms with Gasteiger partial charge in [-0.25, -0.2) is 9.78 Å². The fraction of sp³-hybridized carbons (Fsp3) is 0.789. The van der Waals surface area contributed by atoms with Crippen LogP contribution in [0.4, 0.5) is 4.79 Å². The first-order chi connectivity index (χ1) is 12.4. The average Bonchev–Trinajstić information content (AvgIpc) is 3.09. The lowest BCUT2D eigenvalue weighted by Gasteiger charge is -2.32. The van der Waals surface area contributed by atoms with Crippen molar-refractivity contribution >= 4 is 18.8 Å². The van der Waals surface area contributed by atoms with E-state index in [0.29, 0.717) is 19.0 Å². The predicted molar refractivity (Wildman–Crippen MR) is 104 cm³/mol. The fourth-order valence-corrected chi connectivity index (χ4v) is 3.31. The van der Waals surface area contributed by atoms with E-state index in [1.165, 1.54) is 0 Å². The Hall–Kier alpha value is -1.54. The number of nitrogens with zero attached hydrogens (tertiary/aromatic N) is 2. The molecular weight excluding hydrogens is 345 g/mol. The molecule has 0 aliphatic carbocycles. The van der Waals surface area contributed by atoms with Gasteiger partial charge >= 0.3 is 13.2 Å². The topological polar surface area (TPSA) is 76.7 Å². The summed E-state index contributed by atoms with van der Waals surface area (Å²) in [6, 6.07) is 0. The Balaban J connectivity index is 1.58. The summed E-state index contributed by atoms with van der Waals surface area (Å²) >= 11 is 0. The monoisotopic (exact) mass is 377 g/mol. The van der Waals surface area contributed by atoms with Gasteiger partial charge in [-0.2, -0.15) is 0 Å². The van der Waals surface area contributed by atoms with Crippen LogP contribution in [0, 0.1) is 0 Å². The zero-order valence-electron chi connectivity index (χ0n) is 17.6. The average molecular weight is 377 g/mol. The molecule has 3 heterocycles. The number of rotatable bonds is 2. The predicted octanol–water partition coefficient (Wildman–Crippen LogP) is 2.82. The van der Waals surface area contributed by atoms with Crippen LogP contribution in [-0.4, -0.2) is 58.0 Å². The summed E-state index contributed by atoms with van der Waals surface area (Å²) in [6.45, 7) is 15.2. The molecule has 27 heavy (non-hydrogen) atoms. The molecule has 8 heteroatoms. The minimum Gasteiger partial charge on any atom is -0.444 e. The molecule has 0 radical (unpaired) electrons. The third kappa shape index (κ3) is 4.32. The second-order valence-electron chi connectivity index (χ2n) is 9.55. The number of carbonyl (C=O) groups excluding carboxylic acids is 1. The van der Waals surface area contributed by atoms with Crippen LogP contribution < -0.4 is 5.59 Å². The number of carbonyl (C=O) groups is 1. The third-order valence-electron chi connectivity index (χ3n) is 5.66. The van der Waals surface area contributed by atoms with Gasteiger partial charge in [0.05, 0.1) is 16.8 Å². The van der Waals surface area contributed by atoms with Gasteiger partial charge in [0, 0.05) is 25.2 Å². The Morgan fingerprint density at radius 1 is 1.22 bits per heavy atom. The zero-order chi connectivity index (χ0) is 20.0. The molecule has 2 saturated heterocycles. The van der Waals surface area contributed by atoms with Crippen LogP contribution in [0.3, 0.4) is 0 Å². The van der Waals surface area contributed by atoms with Crippen molar-refractivity contribution in [1.29, 1.82) is 0 Å². The normalized spacial score (nSPS) is 22.9. The smallest absolute Gasteiger partial charge is 0.444 e.